The van der Waals surface area contributed by atoms with Crippen LogP contribution < -0.4 is 16.9 Å². The number of nitrogens with one attached hydrogen (secondary N) is 1. The van der Waals surface area contributed by atoms with E-state index < -0.39 is 12.0 Å². The average Bonchev–Trinajstić information content (AvgIpc) is 2.34. The summed E-state index contributed by atoms with van der Waals surface area (Å²) in [5, 5.41) is 5.82. The predicted molar refractivity (Wildman–Crippen MR) is 68.4 cm³/mol. The zero-order valence-electron chi connectivity index (χ0n) is 11.1. The van der Waals surface area contributed by atoms with Gasteiger partial charge in [-0.15, -0.1) is 0 Å². The Bertz CT molecular complexity index is 315. The maximum Gasteiger partial charge on any atom is 0.328 e. The number of rotatable bonds is 7. The van der Waals surface area contributed by atoms with Crippen molar-refractivity contribution in [1.29, 1.82) is 0 Å². The molecule has 0 saturated carbocycles. The number of carbonyl (C=O) groups excluding carboxylic acids is 2. The van der Waals surface area contributed by atoms with Gasteiger partial charge in [0.25, 0.3) is 0 Å². The van der Waals surface area contributed by atoms with Crippen LogP contribution in [0.3, 0.4) is 0 Å². The zero-order chi connectivity index (χ0) is 14.1. The van der Waals surface area contributed by atoms with Crippen LogP contribution in [0.1, 0.15) is 33.1 Å². The van der Waals surface area contributed by atoms with Crippen LogP contribution in [-0.4, -0.2) is 30.9 Å². The van der Waals surface area contributed by atoms with E-state index in [1.165, 1.54) is 7.11 Å². The Morgan fingerprint density at radius 2 is 2.00 bits per heavy atom. The summed E-state index contributed by atoms with van der Waals surface area (Å²) in [5.41, 5.74) is 5.43. The van der Waals surface area contributed by atoms with Crippen LogP contribution in [0.4, 0.5) is 0 Å². The Morgan fingerprint density at radius 1 is 1.39 bits per heavy atom. The van der Waals surface area contributed by atoms with E-state index in [9.17, 15) is 9.59 Å². The number of amides is 1. The number of hydrazone groups is 1. The maximum atomic E-state index is 11.6. The van der Waals surface area contributed by atoms with Crippen molar-refractivity contribution >= 4 is 17.7 Å². The largest absolute Gasteiger partial charge is 0.467 e. The van der Waals surface area contributed by atoms with Gasteiger partial charge in [0, 0.05) is 12.8 Å². The highest BCUT2D eigenvalue weighted by atomic mass is 16.5. The summed E-state index contributed by atoms with van der Waals surface area (Å²) in [6.07, 6.45) is 1.14. The topological polar surface area (TPSA) is 120 Å². The lowest BCUT2D eigenvalue weighted by atomic mass is 10.1. The molecule has 0 saturated heterocycles. The highest BCUT2D eigenvalue weighted by Crippen LogP contribution is 2.04. The van der Waals surface area contributed by atoms with Gasteiger partial charge in [-0.05, 0) is 12.3 Å². The van der Waals surface area contributed by atoms with Gasteiger partial charge in [-0.25, -0.2) is 4.79 Å². The first-order valence-corrected chi connectivity index (χ1v) is 5.80. The summed E-state index contributed by atoms with van der Waals surface area (Å²) in [5.74, 6) is 4.70. The van der Waals surface area contributed by atoms with E-state index in [1.54, 1.807) is 0 Å². The van der Waals surface area contributed by atoms with Crippen LogP contribution >= 0.6 is 0 Å². The van der Waals surface area contributed by atoms with Gasteiger partial charge in [0.05, 0.1) is 7.11 Å². The lowest BCUT2D eigenvalue weighted by Crippen LogP contribution is -2.44. The highest BCUT2D eigenvalue weighted by molar-refractivity contribution is 5.90. The number of carbonyl (C=O) groups is 2. The number of nitrogens with zero attached hydrogens (tertiary/aromatic N) is 1. The molecule has 0 unspecified atom stereocenters. The molecule has 1 atom stereocenters. The number of hydrogen-bond donors (Lipinski definition) is 3. The molecule has 5 N–H and O–H groups in total. The van der Waals surface area contributed by atoms with E-state index in [1.807, 2.05) is 13.8 Å². The van der Waals surface area contributed by atoms with E-state index in [0.29, 0.717) is 12.3 Å². The van der Waals surface area contributed by atoms with Crippen molar-refractivity contribution in [3.63, 3.8) is 0 Å². The number of ether oxygens (including phenoxy) is 1. The van der Waals surface area contributed by atoms with Crippen molar-refractivity contribution < 1.29 is 14.3 Å². The van der Waals surface area contributed by atoms with Gasteiger partial charge in [-0.2, -0.15) is 5.10 Å². The van der Waals surface area contributed by atoms with Crippen LogP contribution in [-0.2, 0) is 14.3 Å². The second kappa shape index (κ2) is 8.32. The molecule has 0 aliphatic rings. The third kappa shape index (κ3) is 6.72. The van der Waals surface area contributed by atoms with Gasteiger partial charge >= 0.3 is 5.97 Å². The summed E-state index contributed by atoms with van der Waals surface area (Å²) in [7, 11) is 1.24. The molecule has 0 aromatic heterocycles. The summed E-state index contributed by atoms with van der Waals surface area (Å²) in [4.78, 5) is 23.1. The van der Waals surface area contributed by atoms with Gasteiger partial charge in [-0.1, -0.05) is 13.8 Å². The number of methoxy groups -OCH3 is 1. The third-order valence-electron chi connectivity index (χ3n) is 2.35. The van der Waals surface area contributed by atoms with Crippen LogP contribution in [0.5, 0.6) is 0 Å². The minimum absolute atomic E-state index is 0.0383. The normalized spacial score (nSPS) is 13.2. The van der Waals surface area contributed by atoms with Crippen molar-refractivity contribution in [3.8, 4) is 0 Å². The Labute approximate surface area is 107 Å². The second-order valence-corrected chi connectivity index (χ2v) is 4.40. The zero-order valence-corrected chi connectivity index (χ0v) is 11.1. The summed E-state index contributed by atoms with van der Waals surface area (Å²) >= 11 is 0. The molecule has 0 heterocycles. The molecule has 0 aliphatic heterocycles. The molecule has 0 aromatic rings. The fourth-order valence-corrected chi connectivity index (χ4v) is 1.28. The van der Waals surface area contributed by atoms with E-state index in [-0.39, 0.29) is 18.2 Å². The number of esters is 1. The van der Waals surface area contributed by atoms with Crippen LogP contribution in [0.2, 0.25) is 0 Å². The van der Waals surface area contributed by atoms with E-state index in [0.717, 1.165) is 6.42 Å². The SMILES string of the molecule is COC(=O)[C@H](C/C(N)=N/N)NC(=O)CCC(C)C. The molecule has 0 rings (SSSR count). The average molecular weight is 258 g/mol. The molecule has 104 valence electrons. The van der Waals surface area contributed by atoms with E-state index >= 15 is 0 Å². The Hall–Kier alpha value is -1.79. The van der Waals surface area contributed by atoms with Gasteiger partial charge in [-0.3, -0.25) is 4.79 Å². The number of nitrogens with two attached hydrogens (primary N) is 2. The first-order chi connectivity index (χ1) is 8.40. The first kappa shape index (κ1) is 16.2. The van der Waals surface area contributed by atoms with Crippen LogP contribution in [0.15, 0.2) is 5.10 Å². The first-order valence-electron chi connectivity index (χ1n) is 5.80. The smallest absolute Gasteiger partial charge is 0.328 e. The molecule has 7 nitrogen and oxygen atoms in total. The van der Waals surface area contributed by atoms with E-state index in [4.69, 9.17) is 11.6 Å². The molecular formula is C11H22N4O3. The van der Waals surface area contributed by atoms with Crippen molar-refractivity contribution in [2.75, 3.05) is 7.11 Å². The monoisotopic (exact) mass is 258 g/mol. The molecule has 18 heavy (non-hydrogen) atoms. The van der Waals surface area contributed by atoms with Crippen molar-refractivity contribution in [2.45, 2.75) is 39.2 Å². The molecule has 7 heteroatoms. The fourth-order valence-electron chi connectivity index (χ4n) is 1.28. The van der Waals surface area contributed by atoms with Gasteiger partial charge in [0.2, 0.25) is 5.91 Å². The summed E-state index contributed by atoms with van der Waals surface area (Å²) in [6, 6.07) is -0.845. The number of amidine groups is 1. The molecule has 0 aromatic carbocycles. The van der Waals surface area contributed by atoms with Crippen LogP contribution in [0.25, 0.3) is 0 Å². The van der Waals surface area contributed by atoms with Crippen molar-refractivity contribution in [3.05, 3.63) is 0 Å². The lowest BCUT2D eigenvalue weighted by molar-refractivity contribution is -0.144. The molecule has 0 aliphatic carbocycles. The summed E-state index contributed by atoms with van der Waals surface area (Å²) < 4.78 is 4.58. The van der Waals surface area contributed by atoms with Gasteiger partial charge in [0.15, 0.2) is 0 Å². The molecular weight excluding hydrogens is 236 g/mol. The molecule has 1 amide bonds. The predicted octanol–water partition coefficient (Wildman–Crippen LogP) is -0.299. The van der Waals surface area contributed by atoms with Gasteiger partial charge < -0.3 is 21.6 Å². The minimum atomic E-state index is -0.845. The molecule has 0 radical (unpaired) electrons. The molecule has 0 bridgehead atoms. The lowest BCUT2D eigenvalue weighted by Gasteiger charge is -2.16. The van der Waals surface area contributed by atoms with Gasteiger partial charge in [0.1, 0.15) is 11.9 Å². The minimum Gasteiger partial charge on any atom is -0.467 e. The fraction of sp³-hybridized carbons (Fsp3) is 0.727. The van der Waals surface area contributed by atoms with Crippen LogP contribution in [0, 0.1) is 5.92 Å². The standard InChI is InChI=1S/C11H22N4O3/c1-7(2)4-5-10(16)14-8(11(17)18-3)6-9(12)15-13/h7-8H,4-6,13H2,1-3H3,(H2,12,15)(H,14,16)/t8-/m0/s1. The summed E-state index contributed by atoms with van der Waals surface area (Å²) in [6.45, 7) is 4.04. The Balaban J connectivity index is 4.40. The Morgan fingerprint density at radius 3 is 2.44 bits per heavy atom. The quantitative estimate of drug-likeness (QED) is 0.190. The Kier molecular flexibility index (Phi) is 7.50. The highest BCUT2D eigenvalue weighted by Gasteiger charge is 2.22. The molecule has 0 fully saturated rings. The van der Waals surface area contributed by atoms with Crippen molar-refractivity contribution in [2.24, 2.45) is 22.6 Å². The van der Waals surface area contributed by atoms with Crippen molar-refractivity contribution in [1.82, 2.24) is 5.32 Å². The van der Waals surface area contributed by atoms with E-state index in [2.05, 4.69) is 15.2 Å². The second-order valence-electron chi connectivity index (χ2n) is 4.40. The third-order valence-corrected chi connectivity index (χ3v) is 2.35. The molecule has 0 spiro atoms. The maximum absolute atomic E-state index is 11.6. The number of hydrogen-bond acceptors (Lipinski definition) is 5.